The number of aryl methyl sites for hydroxylation is 1. The third-order valence-electron chi connectivity index (χ3n) is 6.56. The van der Waals surface area contributed by atoms with Crippen LogP contribution < -0.4 is 5.32 Å². The number of nitrogens with zero attached hydrogens (tertiary/aromatic N) is 2. The van der Waals surface area contributed by atoms with Crippen molar-refractivity contribution in [2.24, 2.45) is 0 Å². The van der Waals surface area contributed by atoms with Gasteiger partial charge in [0.25, 0.3) is 0 Å². The Hall–Kier alpha value is -3.68. The van der Waals surface area contributed by atoms with Crippen molar-refractivity contribution in [1.29, 1.82) is 0 Å². The van der Waals surface area contributed by atoms with Gasteiger partial charge >= 0.3 is 11.8 Å². The van der Waals surface area contributed by atoms with E-state index in [1.807, 2.05) is 24.3 Å². The summed E-state index contributed by atoms with van der Waals surface area (Å²) in [6.45, 7) is 1.55. The number of amides is 3. The minimum absolute atomic E-state index is 0.0184. The van der Waals surface area contributed by atoms with E-state index < -0.39 is 11.8 Å². The average Bonchev–Trinajstić information content (AvgIpc) is 3.60. The van der Waals surface area contributed by atoms with Crippen molar-refractivity contribution >= 4 is 28.6 Å². The molecular formula is C26H27FN4O3. The van der Waals surface area contributed by atoms with Crippen LogP contribution in [0.15, 0.2) is 48.5 Å². The average molecular weight is 463 g/mol. The van der Waals surface area contributed by atoms with Gasteiger partial charge in [0.1, 0.15) is 5.82 Å². The molecular weight excluding hydrogens is 435 g/mol. The highest BCUT2D eigenvalue weighted by Crippen LogP contribution is 2.31. The van der Waals surface area contributed by atoms with Gasteiger partial charge in [0.05, 0.1) is 0 Å². The zero-order valence-electron chi connectivity index (χ0n) is 18.9. The molecule has 8 heteroatoms. The van der Waals surface area contributed by atoms with Crippen molar-refractivity contribution in [3.05, 3.63) is 59.9 Å². The summed E-state index contributed by atoms with van der Waals surface area (Å²) < 4.78 is 13.4. The zero-order valence-corrected chi connectivity index (χ0v) is 18.9. The fourth-order valence-corrected chi connectivity index (χ4v) is 4.49. The Bertz CT molecular complexity index is 1220. The lowest BCUT2D eigenvalue weighted by Crippen LogP contribution is -2.54. The second-order valence-electron chi connectivity index (χ2n) is 8.95. The minimum Gasteiger partial charge on any atom is -0.354 e. The lowest BCUT2D eigenvalue weighted by Gasteiger charge is -2.34. The van der Waals surface area contributed by atoms with Gasteiger partial charge in [-0.15, -0.1) is 0 Å². The summed E-state index contributed by atoms with van der Waals surface area (Å²) in [7, 11) is 0. The number of carbonyl (C=O) groups is 3. The lowest BCUT2D eigenvalue weighted by atomic mass is 10.0. The fraction of sp³-hybridized carbons (Fsp3) is 0.346. The van der Waals surface area contributed by atoms with Crippen molar-refractivity contribution < 1.29 is 18.8 Å². The van der Waals surface area contributed by atoms with Crippen molar-refractivity contribution in [3.8, 4) is 11.3 Å². The van der Waals surface area contributed by atoms with Gasteiger partial charge in [-0.25, -0.2) is 4.39 Å². The number of aromatic nitrogens is 1. The van der Waals surface area contributed by atoms with Gasteiger partial charge in [0.2, 0.25) is 5.91 Å². The third kappa shape index (κ3) is 4.66. The van der Waals surface area contributed by atoms with Gasteiger partial charge in [-0.05, 0) is 60.7 Å². The van der Waals surface area contributed by atoms with Gasteiger partial charge in [0, 0.05) is 55.2 Å². The Morgan fingerprint density at radius 2 is 1.62 bits per heavy atom. The molecule has 2 N–H and O–H groups in total. The van der Waals surface area contributed by atoms with Crippen LogP contribution in [-0.4, -0.2) is 64.7 Å². The molecule has 5 rings (SSSR count). The van der Waals surface area contributed by atoms with Gasteiger partial charge in [-0.1, -0.05) is 18.2 Å². The number of H-pyrrole nitrogens is 1. The summed E-state index contributed by atoms with van der Waals surface area (Å²) in [6, 6.07) is 14.4. The largest absolute Gasteiger partial charge is 0.354 e. The highest BCUT2D eigenvalue weighted by Gasteiger charge is 2.31. The second-order valence-corrected chi connectivity index (χ2v) is 8.95. The van der Waals surface area contributed by atoms with Crippen LogP contribution in [0.1, 0.15) is 24.8 Å². The first-order valence-electron chi connectivity index (χ1n) is 11.7. The Balaban J connectivity index is 1.23. The molecule has 0 atom stereocenters. The normalized spacial score (nSPS) is 16.0. The molecule has 1 saturated carbocycles. The van der Waals surface area contributed by atoms with Gasteiger partial charge in [-0.2, -0.15) is 0 Å². The van der Waals surface area contributed by atoms with E-state index in [1.54, 1.807) is 17.0 Å². The van der Waals surface area contributed by atoms with Crippen LogP contribution >= 0.6 is 0 Å². The van der Waals surface area contributed by atoms with E-state index in [0.29, 0.717) is 39.0 Å². The fourth-order valence-electron chi connectivity index (χ4n) is 4.49. The molecule has 1 saturated heterocycles. The third-order valence-corrected chi connectivity index (χ3v) is 6.56. The predicted octanol–water partition coefficient (Wildman–Crippen LogP) is 2.86. The number of halogens is 1. The summed E-state index contributed by atoms with van der Waals surface area (Å²) in [5, 5.41) is 3.77. The first kappa shape index (κ1) is 22.1. The van der Waals surface area contributed by atoms with Crippen LogP contribution in [0.2, 0.25) is 0 Å². The smallest absolute Gasteiger partial charge is 0.312 e. The molecule has 0 bridgehead atoms. The van der Waals surface area contributed by atoms with Crippen LogP contribution in [0.5, 0.6) is 0 Å². The summed E-state index contributed by atoms with van der Waals surface area (Å²) in [6.07, 6.45) is 2.73. The van der Waals surface area contributed by atoms with E-state index in [-0.39, 0.29) is 17.8 Å². The molecule has 176 valence electrons. The number of aromatic amines is 1. The molecule has 2 fully saturated rings. The predicted molar refractivity (Wildman–Crippen MR) is 126 cm³/mol. The maximum Gasteiger partial charge on any atom is 0.312 e. The van der Waals surface area contributed by atoms with Crippen molar-refractivity contribution in [2.45, 2.75) is 31.7 Å². The Morgan fingerprint density at radius 3 is 2.32 bits per heavy atom. The molecule has 1 aromatic heterocycles. The molecule has 1 aliphatic heterocycles. The molecule has 0 spiro atoms. The molecule has 3 amide bonds. The number of fused-ring (bicyclic) bond motifs is 1. The van der Waals surface area contributed by atoms with E-state index in [9.17, 15) is 18.8 Å². The van der Waals surface area contributed by atoms with E-state index in [4.69, 9.17) is 0 Å². The second kappa shape index (κ2) is 9.29. The first-order valence-corrected chi connectivity index (χ1v) is 11.7. The molecule has 2 aromatic carbocycles. The van der Waals surface area contributed by atoms with E-state index >= 15 is 0 Å². The minimum atomic E-state index is -0.546. The summed E-state index contributed by atoms with van der Waals surface area (Å²) in [5.41, 5.74) is 3.77. The number of carbonyl (C=O) groups excluding carboxylic acids is 3. The van der Waals surface area contributed by atoms with E-state index in [0.717, 1.165) is 40.6 Å². The Morgan fingerprint density at radius 1 is 0.941 bits per heavy atom. The molecule has 3 aromatic rings. The van der Waals surface area contributed by atoms with Crippen LogP contribution in [0.25, 0.3) is 22.2 Å². The summed E-state index contributed by atoms with van der Waals surface area (Å²) in [5.74, 6) is -1.33. The summed E-state index contributed by atoms with van der Waals surface area (Å²) >= 11 is 0. The standard InChI is InChI=1S/C26H27FN4O3/c27-18-7-5-17(6-8-18)24-21(20-3-1-2-4-22(20)29-24)11-12-23(32)30-13-15-31(16-14-30)26(34)25(33)28-19-9-10-19/h1-8,19,29H,9-16H2,(H,28,33). The quantitative estimate of drug-likeness (QED) is 0.572. The SMILES string of the molecule is O=C(NC1CC1)C(=O)N1CCN(C(=O)CCc2c(-c3ccc(F)cc3)[nH]c3ccccc23)CC1. The number of benzene rings is 2. The van der Waals surface area contributed by atoms with Crippen molar-refractivity contribution in [3.63, 3.8) is 0 Å². The number of hydrogen-bond acceptors (Lipinski definition) is 3. The highest BCUT2D eigenvalue weighted by molar-refractivity contribution is 6.35. The van der Waals surface area contributed by atoms with Crippen LogP contribution in [0.3, 0.4) is 0 Å². The molecule has 0 radical (unpaired) electrons. The van der Waals surface area contributed by atoms with E-state index in [1.165, 1.54) is 17.0 Å². The van der Waals surface area contributed by atoms with Crippen LogP contribution in [-0.2, 0) is 20.8 Å². The number of hydrogen-bond donors (Lipinski definition) is 2. The van der Waals surface area contributed by atoms with Crippen LogP contribution in [0.4, 0.5) is 4.39 Å². The monoisotopic (exact) mass is 462 g/mol. The molecule has 34 heavy (non-hydrogen) atoms. The topological polar surface area (TPSA) is 85.5 Å². The molecule has 2 aliphatic rings. The maximum absolute atomic E-state index is 13.4. The maximum atomic E-state index is 13.4. The Kier molecular flexibility index (Phi) is 6.04. The van der Waals surface area contributed by atoms with Gasteiger partial charge < -0.3 is 20.1 Å². The number of piperazine rings is 1. The van der Waals surface area contributed by atoms with E-state index in [2.05, 4.69) is 10.3 Å². The molecule has 2 heterocycles. The number of nitrogens with one attached hydrogen (secondary N) is 2. The zero-order chi connectivity index (χ0) is 23.7. The van der Waals surface area contributed by atoms with Crippen molar-refractivity contribution in [1.82, 2.24) is 20.1 Å². The molecule has 7 nitrogen and oxygen atoms in total. The Labute approximate surface area is 196 Å². The van der Waals surface area contributed by atoms with Crippen molar-refractivity contribution in [2.75, 3.05) is 26.2 Å². The van der Waals surface area contributed by atoms with Gasteiger partial charge in [-0.3, -0.25) is 14.4 Å². The number of para-hydroxylation sites is 1. The van der Waals surface area contributed by atoms with Gasteiger partial charge in [0.15, 0.2) is 0 Å². The number of rotatable bonds is 5. The summed E-state index contributed by atoms with van der Waals surface area (Å²) in [4.78, 5) is 44.0. The molecule has 1 aliphatic carbocycles. The highest BCUT2D eigenvalue weighted by atomic mass is 19.1. The molecule has 0 unspecified atom stereocenters. The lowest BCUT2D eigenvalue weighted by molar-refractivity contribution is -0.148. The van der Waals surface area contributed by atoms with Crippen LogP contribution in [0, 0.1) is 5.82 Å². The first-order chi connectivity index (χ1) is 16.5.